The summed E-state index contributed by atoms with van der Waals surface area (Å²) >= 11 is 3.25. The number of hydrogen-bond acceptors (Lipinski definition) is 2. The van der Waals surface area contributed by atoms with Crippen LogP contribution in [0.2, 0.25) is 0 Å². The van der Waals surface area contributed by atoms with Gasteiger partial charge in [-0.1, -0.05) is 22.0 Å². The summed E-state index contributed by atoms with van der Waals surface area (Å²) in [6.45, 7) is 0.320. The van der Waals surface area contributed by atoms with E-state index in [0.717, 1.165) is 5.56 Å². The van der Waals surface area contributed by atoms with Crippen LogP contribution in [0.3, 0.4) is 0 Å². The van der Waals surface area contributed by atoms with Crippen LogP contribution in [-0.4, -0.2) is 14.3 Å². The van der Waals surface area contributed by atoms with E-state index in [0.29, 0.717) is 11.0 Å². The molecule has 0 saturated heterocycles. The molecule has 4 nitrogen and oxygen atoms in total. The molecule has 0 atom stereocenters. The highest BCUT2D eigenvalue weighted by Crippen LogP contribution is 2.18. The van der Waals surface area contributed by atoms with E-state index in [1.165, 1.54) is 27.7 Å². The van der Waals surface area contributed by atoms with Crippen LogP contribution < -0.4 is 5.69 Å². The monoisotopic (exact) mass is 285 g/mol. The Kier molecular flexibility index (Phi) is 2.91. The highest BCUT2D eigenvalue weighted by atomic mass is 79.9. The van der Waals surface area contributed by atoms with Crippen molar-refractivity contribution >= 4 is 15.9 Å². The summed E-state index contributed by atoms with van der Waals surface area (Å²) < 4.78 is 16.2. The molecule has 0 N–H and O–H groups in total. The lowest BCUT2D eigenvalue weighted by Gasteiger charge is -2.03. The van der Waals surface area contributed by atoms with E-state index in [-0.39, 0.29) is 11.5 Å². The number of halogens is 2. The first-order valence-corrected chi connectivity index (χ1v) is 5.39. The molecule has 1 heterocycles. The summed E-state index contributed by atoms with van der Waals surface area (Å²) in [6, 6.07) is 4.35. The van der Waals surface area contributed by atoms with E-state index in [1.54, 1.807) is 13.1 Å². The van der Waals surface area contributed by atoms with Crippen molar-refractivity contribution in [2.75, 3.05) is 0 Å². The summed E-state index contributed by atoms with van der Waals surface area (Å²) in [6.07, 6.45) is 1.44. The van der Waals surface area contributed by atoms with Gasteiger partial charge in [-0.15, -0.1) is 0 Å². The quantitative estimate of drug-likeness (QED) is 0.840. The summed E-state index contributed by atoms with van der Waals surface area (Å²) in [5.41, 5.74) is 0.610. The molecule has 0 aliphatic heterocycles. The Bertz CT molecular complexity index is 576. The normalized spacial score (nSPS) is 10.7. The molecule has 1 aromatic carbocycles. The van der Waals surface area contributed by atoms with Gasteiger partial charge in [0.1, 0.15) is 12.1 Å². The standard InChI is InChI=1S/C10H9BrFN3O/c1-14-6-13-15(10(14)16)5-7-2-3-8(12)4-9(7)11/h2-4,6H,5H2,1H3. The van der Waals surface area contributed by atoms with E-state index in [9.17, 15) is 9.18 Å². The number of hydrogen-bond donors (Lipinski definition) is 0. The minimum absolute atomic E-state index is 0.198. The molecule has 84 valence electrons. The molecule has 6 heteroatoms. The maximum Gasteiger partial charge on any atom is 0.345 e. The molecule has 0 radical (unpaired) electrons. The minimum Gasteiger partial charge on any atom is -0.285 e. The number of aryl methyl sites for hydroxylation is 1. The number of nitrogens with zero attached hydrogens (tertiary/aromatic N) is 3. The second-order valence-corrected chi connectivity index (χ2v) is 4.27. The van der Waals surface area contributed by atoms with E-state index in [1.807, 2.05) is 0 Å². The zero-order valence-electron chi connectivity index (χ0n) is 8.52. The van der Waals surface area contributed by atoms with Gasteiger partial charge in [0.25, 0.3) is 0 Å². The molecule has 2 rings (SSSR count). The van der Waals surface area contributed by atoms with Crippen LogP contribution in [0.5, 0.6) is 0 Å². The molecule has 0 unspecified atom stereocenters. The lowest BCUT2D eigenvalue weighted by molar-refractivity contribution is 0.619. The largest absolute Gasteiger partial charge is 0.345 e. The van der Waals surface area contributed by atoms with Gasteiger partial charge in [-0.2, -0.15) is 5.10 Å². The summed E-state index contributed by atoms with van der Waals surface area (Å²) in [5.74, 6) is -0.316. The van der Waals surface area contributed by atoms with Crippen LogP contribution in [-0.2, 0) is 13.6 Å². The number of aromatic nitrogens is 3. The molecule has 0 spiro atoms. The third kappa shape index (κ3) is 2.06. The van der Waals surface area contributed by atoms with Crippen LogP contribution >= 0.6 is 15.9 Å². The van der Waals surface area contributed by atoms with Gasteiger partial charge < -0.3 is 0 Å². The average Bonchev–Trinajstić information content (AvgIpc) is 2.54. The maximum absolute atomic E-state index is 12.9. The predicted molar refractivity (Wildman–Crippen MR) is 60.7 cm³/mol. The first kappa shape index (κ1) is 11.1. The molecule has 0 aliphatic rings. The van der Waals surface area contributed by atoms with Crippen LogP contribution in [0.15, 0.2) is 33.8 Å². The predicted octanol–water partition coefficient (Wildman–Crippen LogP) is 1.53. The number of rotatable bonds is 2. The number of benzene rings is 1. The smallest absolute Gasteiger partial charge is 0.285 e. The molecule has 0 bridgehead atoms. The summed E-state index contributed by atoms with van der Waals surface area (Å²) in [4.78, 5) is 11.5. The molecule has 0 aliphatic carbocycles. The van der Waals surface area contributed by atoms with Crippen LogP contribution in [0.25, 0.3) is 0 Å². The van der Waals surface area contributed by atoms with Crippen molar-refractivity contribution in [3.05, 3.63) is 50.9 Å². The highest BCUT2D eigenvalue weighted by Gasteiger charge is 2.06. The lowest BCUT2D eigenvalue weighted by Crippen LogP contribution is -2.23. The Morgan fingerprint density at radius 1 is 1.50 bits per heavy atom. The molecule has 0 amide bonds. The molecular weight excluding hydrogens is 277 g/mol. The Morgan fingerprint density at radius 3 is 2.81 bits per heavy atom. The highest BCUT2D eigenvalue weighted by molar-refractivity contribution is 9.10. The van der Waals surface area contributed by atoms with E-state index < -0.39 is 0 Å². The topological polar surface area (TPSA) is 39.8 Å². The van der Waals surface area contributed by atoms with Crippen molar-refractivity contribution in [1.82, 2.24) is 14.3 Å². The zero-order valence-corrected chi connectivity index (χ0v) is 10.1. The van der Waals surface area contributed by atoms with Gasteiger partial charge in [-0.25, -0.2) is 13.9 Å². The van der Waals surface area contributed by atoms with Gasteiger partial charge in [0.2, 0.25) is 0 Å². The molecular formula is C10H9BrFN3O. The van der Waals surface area contributed by atoms with E-state index >= 15 is 0 Å². The summed E-state index contributed by atoms with van der Waals surface area (Å²) in [5, 5.41) is 3.93. The molecule has 0 saturated carbocycles. The minimum atomic E-state index is -0.316. The van der Waals surface area contributed by atoms with Gasteiger partial charge in [-0.05, 0) is 17.7 Å². The Balaban J connectivity index is 2.34. The third-order valence-electron chi connectivity index (χ3n) is 2.22. The van der Waals surface area contributed by atoms with Crippen molar-refractivity contribution in [1.29, 1.82) is 0 Å². The second-order valence-electron chi connectivity index (χ2n) is 3.42. The average molecular weight is 286 g/mol. The van der Waals surface area contributed by atoms with Gasteiger partial charge >= 0.3 is 5.69 Å². The fourth-order valence-corrected chi connectivity index (χ4v) is 1.82. The van der Waals surface area contributed by atoms with Crippen molar-refractivity contribution < 1.29 is 4.39 Å². The Morgan fingerprint density at radius 2 is 2.25 bits per heavy atom. The van der Waals surface area contributed by atoms with Crippen molar-refractivity contribution in [3.63, 3.8) is 0 Å². The Hall–Kier alpha value is -1.43. The maximum atomic E-state index is 12.9. The van der Waals surface area contributed by atoms with Gasteiger partial charge in [0.15, 0.2) is 0 Å². The van der Waals surface area contributed by atoms with Crippen LogP contribution in [0, 0.1) is 5.82 Å². The molecule has 0 fully saturated rings. The lowest BCUT2D eigenvalue weighted by atomic mass is 10.2. The summed E-state index contributed by atoms with van der Waals surface area (Å²) in [7, 11) is 1.63. The second kappa shape index (κ2) is 4.21. The Labute approximate surface area is 99.4 Å². The molecule has 16 heavy (non-hydrogen) atoms. The van der Waals surface area contributed by atoms with Gasteiger partial charge in [0.05, 0.1) is 6.54 Å². The van der Waals surface area contributed by atoms with Gasteiger partial charge in [-0.3, -0.25) is 4.57 Å². The van der Waals surface area contributed by atoms with Crippen molar-refractivity contribution in [2.24, 2.45) is 7.05 Å². The van der Waals surface area contributed by atoms with E-state index in [4.69, 9.17) is 0 Å². The SMILES string of the molecule is Cn1cnn(Cc2ccc(F)cc2Br)c1=O. The molecule has 2 aromatic rings. The van der Waals surface area contributed by atoms with Crippen molar-refractivity contribution in [2.45, 2.75) is 6.54 Å². The first-order valence-electron chi connectivity index (χ1n) is 4.60. The van der Waals surface area contributed by atoms with Crippen LogP contribution in [0.4, 0.5) is 4.39 Å². The third-order valence-corrected chi connectivity index (χ3v) is 2.96. The zero-order chi connectivity index (χ0) is 11.7. The fraction of sp³-hybridized carbons (Fsp3) is 0.200. The fourth-order valence-electron chi connectivity index (χ4n) is 1.34. The molecule has 1 aromatic heterocycles. The van der Waals surface area contributed by atoms with Crippen LogP contribution in [0.1, 0.15) is 5.56 Å². The van der Waals surface area contributed by atoms with Crippen molar-refractivity contribution in [3.8, 4) is 0 Å². The first-order chi connectivity index (χ1) is 7.58. The van der Waals surface area contributed by atoms with Gasteiger partial charge in [0, 0.05) is 11.5 Å². The van der Waals surface area contributed by atoms with E-state index in [2.05, 4.69) is 21.0 Å².